The molecule has 298 valence electrons. The standard InChI is InChI=1S/C48H46O10/c49-43(50)35-5-3-33(17-39(35)45(53)54)57-41-7-1-31(47-19-25-9-26(20-47)11-27(10-25)21-47)15-37(41)38-16-32(48-22-28-12-29(23-48)14-30(13-28)24-48)2-8-42(38)58-34-4-6-36(44(51)52)40(18-34)46(55)56/h1-8,15-18,25-30H,9-14,19-24H2,(H,49,50)(H,51,52)(H,53,54)(H,55,56). The van der Waals surface area contributed by atoms with Crippen LogP contribution in [-0.2, 0) is 10.8 Å². The molecular formula is C48H46O10. The van der Waals surface area contributed by atoms with E-state index in [1.54, 1.807) is 0 Å². The molecule has 0 aliphatic heterocycles. The number of carboxylic acid groups (broad SMARTS) is 4. The summed E-state index contributed by atoms with van der Waals surface area (Å²) in [5.41, 5.74) is 2.50. The van der Waals surface area contributed by atoms with Crippen LogP contribution in [0, 0.1) is 35.5 Å². The summed E-state index contributed by atoms with van der Waals surface area (Å²) < 4.78 is 13.2. The molecule has 0 spiro atoms. The van der Waals surface area contributed by atoms with Crippen molar-refractivity contribution in [3.63, 3.8) is 0 Å². The quantitative estimate of drug-likeness (QED) is 0.115. The van der Waals surface area contributed by atoms with Gasteiger partial charge in [0, 0.05) is 11.1 Å². The molecule has 8 fully saturated rings. The summed E-state index contributed by atoms with van der Waals surface area (Å²) in [5, 5.41) is 39.3. The number of aromatic carboxylic acids is 4. The lowest BCUT2D eigenvalue weighted by Crippen LogP contribution is -2.48. The van der Waals surface area contributed by atoms with E-state index >= 15 is 0 Å². The zero-order valence-corrected chi connectivity index (χ0v) is 32.1. The third-order valence-corrected chi connectivity index (χ3v) is 14.9. The van der Waals surface area contributed by atoms with Crippen molar-refractivity contribution in [2.24, 2.45) is 35.5 Å². The molecule has 0 unspecified atom stereocenters. The molecule has 10 nitrogen and oxygen atoms in total. The van der Waals surface area contributed by atoms with Crippen molar-refractivity contribution >= 4 is 23.9 Å². The van der Waals surface area contributed by atoms with Gasteiger partial charge in [0.1, 0.15) is 23.0 Å². The fourth-order valence-corrected chi connectivity index (χ4v) is 13.4. The van der Waals surface area contributed by atoms with Crippen LogP contribution in [0.25, 0.3) is 11.1 Å². The van der Waals surface area contributed by atoms with Gasteiger partial charge < -0.3 is 29.9 Å². The monoisotopic (exact) mass is 782 g/mol. The second-order valence-electron chi connectivity index (χ2n) is 18.7. The molecule has 4 N–H and O–H groups in total. The van der Waals surface area contributed by atoms with Crippen molar-refractivity contribution in [1.82, 2.24) is 0 Å². The maximum atomic E-state index is 12.2. The first-order valence-electron chi connectivity index (χ1n) is 20.7. The van der Waals surface area contributed by atoms with E-state index in [9.17, 15) is 39.6 Å². The molecule has 4 aromatic carbocycles. The van der Waals surface area contributed by atoms with E-state index in [4.69, 9.17) is 9.47 Å². The molecule has 0 saturated heterocycles. The zero-order valence-electron chi connectivity index (χ0n) is 32.1. The number of ether oxygens (including phenoxy) is 2. The highest BCUT2D eigenvalue weighted by atomic mass is 16.5. The Morgan fingerprint density at radius 3 is 1.02 bits per heavy atom. The molecule has 8 saturated carbocycles. The SMILES string of the molecule is O=C(O)c1ccc(Oc2ccc(C34CC5CC(CC(C5)C3)C4)cc2-c2cc(C34CC5CC(CC(C5)C3)C4)ccc2Oc2ccc(C(=O)O)c(C(=O)O)c2)cc1C(=O)O. The Bertz CT molecular complexity index is 2170. The number of carboxylic acids is 4. The van der Waals surface area contributed by atoms with E-state index in [1.807, 2.05) is 12.1 Å². The maximum absolute atomic E-state index is 12.2. The average Bonchev–Trinajstić information content (AvgIpc) is 3.17. The van der Waals surface area contributed by atoms with Gasteiger partial charge >= 0.3 is 23.9 Å². The van der Waals surface area contributed by atoms with E-state index in [1.165, 1.54) is 86.1 Å². The summed E-state index contributed by atoms with van der Waals surface area (Å²) in [6.07, 6.45) is 14.5. The summed E-state index contributed by atoms with van der Waals surface area (Å²) in [6, 6.07) is 20.5. The maximum Gasteiger partial charge on any atom is 0.336 e. The smallest absolute Gasteiger partial charge is 0.336 e. The van der Waals surface area contributed by atoms with Gasteiger partial charge in [-0.3, -0.25) is 0 Å². The van der Waals surface area contributed by atoms with Crippen LogP contribution in [-0.4, -0.2) is 44.3 Å². The van der Waals surface area contributed by atoms with Gasteiger partial charge in [0.15, 0.2) is 0 Å². The first kappa shape index (κ1) is 36.7. The van der Waals surface area contributed by atoms with Crippen molar-refractivity contribution in [3.8, 4) is 34.1 Å². The molecule has 0 amide bonds. The van der Waals surface area contributed by atoms with Crippen LogP contribution >= 0.6 is 0 Å². The Morgan fingerprint density at radius 2 is 0.724 bits per heavy atom. The van der Waals surface area contributed by atoms with Crippen LogP contribution in [0.1, 0.15) is 130 Å². The molecule has 10 heteroatoms. The third-order valence-electron chi connectivity index (χ3n) is 14.9. The Hall–Kier alpha value is -5.64. The van der Waals surface area contributed by atoms with Gasteiger partial charge in [0.05, 0.1) is 22.3 Å². The molecule has 8 aliphatic rings. The van der Waals surface area contributed by atoms with E-state index in [0.29, 0.717) is 47.0 Å². The number of hydrogen-bond donors (Lipinski definition) is 4. The van der Waals surface area contributed by atoms with Crippen molar-refractivity contribution in [3.05, 3.63) is 106 Å². The van der Waals surface area contributed by atoms with Crippen LogP contribution in [0.2, 0.25) is 0 Å². The topological polar surface area (TPSA) is 168 Å². The van der Waals surface area contributed by atoms with Gasteiger partial charge in [-0.05, 0) is 195 Å². The molecular weight excluding hydrogens is 737 g/mol. The minimum Gasteiger partial charge on any atom is -0.478 e. The second-order valence-corrected chi connectivity index (χ2v) is 18.7. The van der Waals surface area contributed by atoms with E-state index in [-0.39, 0.29) is 44.6 Å². The minimum absolute atomic E-state index is 0.0171. The number of benzene rings is 4. The van der Waals surface area contributed by atoms with E-state index < -0.39 is 23.9 Å². The summed E-state index contributed by atoms with van der Waals surface area (Å²) in [7, 11) is 0. The van der Waals surface area contributed by atoms with Gasteiger partial charge in [-0.15, -0.1) is 0 Å². The Kier molecular flexibility index (Phi) is 8.52. The summed E-state index contributed by atoms with van der Waals surface area (Å²) in [5.74, 6) is -0.0681. The summed E-state index contributed by atoms with van der Waals surface area (Å²) in [4.78, 5) is 48.2. The molecule has 0 atom stereocenters. The van der Waals surface area contributed by atoms with Gasteiger partial charge in [-0.1, -0.05) is 12.1 Å². The molecule has 0 aromatic heterocycles. The van der Waals surface area contributed by atoms with Crippen LogP contribution in [0.5, 0.6) is 23.0 Å². The lowest BCUT2D eigenvalue weighted by molar-refractivity contribution is -0.00536. The molecule has 12 rings (SSSR count). The number of hydrogen-bond acceptors (Lipinski definition) is 6. The predicted octanol–water partition coefficient (Wildman–Crippen LogP) is 10.7. The summed E-state index contributed by atoms with van der Waals surface area (Å²) in [6.45, 7) is 0. The lowest BCUT2D eigenvalue weighted by Gasteiger charge is -2.57. The highest BCUT2D eigenvalue weighted by molar-refractivity contribution is 6.02. The largest absolute Gasteiger partial charge is 0.478 e. The first-order valence-corrected chi connectivity index (χ1v) is 20.7. The van der Waals surface area contributed by atoms with Crippen LogP contribution < -0.4 is 9.47 Å². The molecule has 0 radical (unpaired) electrons. The number of rotatable bonds is 11. The lowest BCUT2D eigenvalue weighted by atomic mass is 9.48. The third kappa shape index (κ3) is 6.23. The van der Waals surface area contributed by atoms with Gasteiger partial charge in [0.2, 0.25) is 0 Å². The highest BCUT2D eigenvalue weighted by Gasteiger charge is 2.53. The van der Waals surface area contributed by atoms with Gasteiger partial charge in [0.25, 0.3) is 0 Å². The Labute approximate surface area is 335 Å². The highest BCUT2D eigenvalue weighted by Crippen LogP contribution is 2.63. The van der Waals surface area contributed by atoms with Crippen molar-refractivity contribution < 1.29 is 49.1 Å². The number of carbonyl (C=O) groups is 4. The fourth-order valence-electron chi connectivity index (χ4n) is 13.4. The van der Waals surface area contributed by atoms with Crippen LogP contribution in [0.4, 0.5) is 0 Å². The summed E-state index contributed by atoms with van der Waals surface area (Å²) >= 11 is 0. The molecule has 8 bridgehead atoms. The fraction of sp³-hybridized carbons (Fsp3) is 0.417. The Morgan fingerprint density at radius 1 is 0.414 bits per heavy atom. The predicted molar refractivity (Wildman–Crippen MR) is 212 cm³/mol. The second kappa shape index (κ2) is 13.5. The Balaban J connectivity index is 1.15. The molecule has 8 aliphatic carbocycles. The molecule has 4 aromatic rings. The van der Waals surface area contributed by atoms with Crippen LogP contribution in [0.15, 0.2) is 72.8 Å². The van der Waals surface area contributed by atoms with Gasteiger partial charge in [-0.2, -0.15) is 0 Å². The van der Waals surface area contributed by atoms with Crippen molar-refractivity contribution in [1.29, 1.82) is 0 Å². The minimum atomic E-state index is -1.38. The van der Waals surface area contributed by atoms with E-state index in [0.717, 1.165) is 49.7 Å². The van der Waals surface area contributed by atoms with Gasteiger partial charge in [-0.25, -0.2) is 19.2 Å². The first-order chi connectivity index (χ1) is 27.8. The zero-order chi connectivity index (χ0) is 40.1. The van der Waals surface area contributed by atoms with Crippen molar-refractivity contribution in [2.75, 3.05) is 0 Å². The normalized spacial score (nSPS) is 29.9. The molecule has 0 heterocycles. The van der Waals surface area contributed by atoms with E-state index in [2.05, 4.69) is 24.3 Å². The molecule has 58 heavy (non-hydrogen) atoms. The van der Waals surface area contributed by atoms with Crippen molar-refractivity contribution in [2.45, 2.75) is 87.9 Å². The van der Waals surface area contributed by atoms with Crippen LogP contribution in [0.3, 0.4) is 0 Å². The average molecular weight is 783 g/mol.